The summed E-state index contributed by atoms with van der Waals surface area (Å²) in [6, 6.07) is 28.1. The summed E-state index contributed by atoms with van der Waals surface area (Å²) in [4.78, 5) is 0. The Hall–Kier alpha value is -3.92. The highest BCUT2D eigenvalue weighted by Gasteiger charge is 2.39. The minimum absolute atomic E-state index is 0.0276. The summed E-state index contributed by atoms with van der Waals surface area (Å²) in [6.07, 6.45) is 4.69. The summed E-state index contributed by atoms with van der Waals surface area (Å²) < 4.78 is 12.3. The molecule has 1 fully saturated rings. The molecule has 4 aromatic carbocycles. The summed E-state index contributed by atoms with van der Waals surface area (Å²) in [7, 11) is 0. The van der Waals surface area contributed by atoms with Crippen molar-refractivity contribution in [3.05, 3.63) is 107 Å². The molecule has 1 saturated carbocycles. The minimum atomic E-state index is -0.0276. The smallest absolute Gasteiger partial charge is 0.127 e. The molecule has 4 nitrogen and oxygen atoms in total. The molecule has 37 heavy (non-hydrogen) atoms. The quantitative estimate of drug-likeness (QED) is 0.265. The van der Waals surface area contributed by atoms with Crippen LogP contribution < -0.4 is 20.9 Å². The predicted octanol–water partition coefficient (Wildman–Crippen LogP) is 8.55. The largest absolute Gasteiger partial charge is 0.457 e. The lowest BCUT2D eigenvalue weighted by atomic mass is 9.61. The molecule has 190 valence electrons. The van der Waals surface area contributed by atoms with Gasteiger partial charge >= 0.3 is 0 Å². The highest BCUT2D eigenvalue weighted by molar-refractivity contribution is 5.52. The van der Waals surface area contributed by atoms with Crippen molar-refractivity contribution >= 4 is 11.4 Å². The number of hydrogen-bond acceptors (Lipinski definition) is 4. The Morgan fingerprint density at radius 3 is 1.35 bits per heavy atom. The van der Waals surface area contributed by atoms with Crippen LogP contribution in [-0.2, 0) is 5.41 Å². The van der Waals surface area contributed by atoms with Gasteiger partial charge in [-0.2, -0.15) is 0 Å². The third-order valence-corrected chi connectivity index (χ3v) is 7.79. The van der Waals surface area contributed by atoms with Gasteiger partial charge in [0.05, 0.1) is 0 Å². The van der Waals surface area contributed by atoms with Crippen molar-refractivity contribution in [3.8, 4) is 23.0 Å². The zero-order valence-corrected chi connectivity index (χ0v) is 22.0. The van der Waals surface area contributed by atoms with E-state index in [9.17, 15) is 0 Å². The number of anilines is 2. The molecule has 0 bridgehead atoms. The van der Waals surface area contributed by atoms with Gasteiger partial charge in [-0.05, 0) is 140 Å². The molecule has 0 atom stereocenters. The van der Waals surface area contributed by atoms with Crippen molar-refractivity contribution in [3.63, 3.8) is 0 Å². The Morgan fingerprint density at radius 2 is 0.973 bits per heavy atom. The Labute approximate surface area is 220 Å². The Morgan fingerprint density at radius 1 is 0.595 bits per heavy atom. The van der Waals surface area contributed by atoms with E-state index in [4.69, 9.17) is 20.9 Å². The van der Waals surface area contributed by atoms with Gasteiger partial charge in [0.1, 0.15) is 23.0 Å². The van der Waals surface area contributed by atoms with Crippen LogP contribution in [0.2, 0.25) is 0 Å². The van der Waals surface area contributed by atoms with Crippen LogP contribution in [0.15, 0.2) is 84.9 Å². The van der Waals surface area contributed by atoms with E-state index in [2.05, 4.69) is 57.2 Å². The second kappa shape index (κ2) is 10.2. The average molecular weight is 493 g/mol. The van der Waals surface area contributed by atoms with E-state index in [0.29, 0.717) is 0 Å². The van der Waals surface area contributed by atoms with Crippen LogP contribution in [-0.4, -0.2) is 0 Å². The van der Waals surface area contributed by atoms with Crippen molar-refractivity contribution in [1.29, 1.82) is 0 Å². The first-order chi connectivity index (χ1) is 17.8. The van der Waals surface area contributed by atoms with E-state index >= 15 is 0 Å². The summed E-state index contributed by atoms with van der Waals surface area (Å²) in [5.41, 5.74) is 18.4. The van der Waals surface area contributed by atoms with Gasteiger partial charge in [0.2, 0.25) is 0 Å². The first kappa shape index (κ1) is 24.8. The maximum Gasteiger partial charge on any atom is 0.127 e. The van der Waals surface area contributed by atoms with E-state index in [-0.39, 0.29) is 5.41 Å². The topological polar surface area (TPSA) is 70.5 Å². The lowest BCUT2D eigenvalue weighted by Gasteiger charge is -2.42. The van der Waals surface area contributed by atoms with Crippen molar-refractivity contribution in [1.82, 2.24) is 0 Å². The van der Waals surface area contributed by atoms with Crippen LogP contribution in [0, 0.1) is 19.8 Å². The number of aryl methyl sites for hydroxylation is 2. The number of hydrogen-bond donors (Lipinski definition) is 2. The molecular weight excluding hydrogens is 456 g/mol. The zero-order valence-electron chi connectivity index (χ0n) is 22.0. The highest BCUT2D eigenvalue weighted by atomic mass is 16.5. The molecular formula is C33H36N2O2. The normalized spacial score (nSPS) is 15.3. The minimum Gasteiger partial charge on any atom is -0.457 e. The summed E-state index contributed by atoms with van der Waals surface area (Å²) in [5.74, 6) is 4.00. The van der Waals surface area contributed by atoms with Crippen molar-refractivity contribution in [2.45, 2.75) is 51.9 Å². The molecule has 0 aliphatic heterocycles. The second-order valence-electron chi connectivity index (χ2n) is 10.6. The molecule has 0 amide bonds. The van der Waals surface area contributed by atoms with Gasteiger partial charge in [-0.3, -0.25) is 0 Å². The molecule has 0 aromatic heterocycles. The maximum atomic E-state index is 6.14. The molecule has 4 aromatic rings. The fraction of sp³-hybridized carbons (Fsp3) is 0.273. The summed E-state index contributed by atoms with van der Waals surface area (Å²) >= 11 is 0. The molecule has 4 heteroatoms. The van der Waals surface area contributed by atoms with E-state index in [0.717, 1.165) is 53.1 Å². The van der Waals surface area contributed by atoms with Gasteiger partial charge in [0, 0.05) is 16.8 Å². The molecule has 0 spiro atoms. The van der Waals surface area contributed by atoms with Gasteiger partial charge in [0.25, 0.3) is 0 Å². The van der Waals surface area contributed by atoms with Gasteiger partial charge < -0.3 is 20.9 Å². The SMILES string of the molecule is Cc1cc(Oc2ccc(N)cc2)ccc1C1(c2ccc(Oc3ccc(N)cc3)cc2C)CCC(C)CC1. The maximum absolute atomic E-state index is 6.14. The molecule has 1 aliphatic rings. The van der Waals surface area contributed by atoms with Crippen LogP contribution in [0.25, 0.3) is 0 Å². The molecule has 0 unspecified atom stereocenters. The third kappa shape index (κ3) is 5.29. The fourth-order valence-electron chi connectivity index (χ4n) is 5.76. The van der Waals surface area contributed by atoms with Crippen LogP contribution in [0.3, 0.4) is 0 Å². The first-order valence-corrected chi connectivity index (χ1v) is 13.1. The van der Waals surface area contributed by atoms with Crippen molar-refractivity contribution in [2.75, 3.05) is 11.5 Å². The molecule has 4 N–H and O–H groups in total. The number of ether oxygens (including phenoxy) is 2. The standard InChI is InChI=1S/C33H36N2O2/c1-22-16-18-33(19-17-22,31-14-12-29(20-23(31)2)36-27-8-4-25(34)5-9-27)32-15-13-30(21-24(32)3)37-28-10-6-26(35)7-11-28/h4-15,20-22H,16-19,34-35H2,1-3H3. The highest BCUT2D eigenvalue weighted by Crippen LogP contribution is 2.49. The molecule has 0 saturated heterocycles. The van der Waals surface area contributed by atoms with Gasteiger partial charge in [-0.25, -0.2) is 0 Å². The van der Waals surface area contributed by atoms with E-state index in [1.165, 1.54) is 35.1 Å². The predicted molar refractivity (Wildman–Crippen MR) is 153 cm³/mol. The van der Waals surface area contributed by atoms with Crippen LogP contribution in [0.4, 0.5) is 11.4 Å². The fourth-order valence-corrected chi connectivity index (χ4v) is 5.76. The first-order valence-electron chi connectivity index (χ1n) is 13.1. The second-order valence-corrected chi connectivity index (χ2v) is 10.6. The Kier molecular flexibility index (Phi) is 6.84. The lowest BCUT2D eigenvalue weighted by Crippen LogP contribution is -2.34. The number of rotatable bonds is 6. The van der Waals surface area contributed by atoms with E-state index in [1.54, 1.807) is 0 Å². The van der Waals surface area contributed by atoms with Crippen LogP contribution >= 0.6 is 0 Å². The number of nitrogens with two attached hydrogens (primary N) is 2. The molecule has 5 rings (SSSR count). The van der Waals surface area contributed by atoms with Gasteiger partial charge in [-0.15, -0.1) is 0 Å². The third-order valence-electron chi connectivity index (χ3n) is 7.79. The lowest BCUT2D eigenvalue weighted by molar-refractivity contribution is 0.278. The van der Waals surface area contributed by atoms with Crippen molar-refractivity contribution in [2.24, 2.45) is 5.92 Å². The number of nitrogen functional groups attached to an aromatic ring is 2. The zero-order chi connectivity index (χ0) is 26.0. The van der Waals surface area contributed by atoms with Gasteiger partial charge in [-0.1, -0.05) is 19.1 Å². The monoisotopic (exact) mass is 492 g/mol. The van der Waals surface area contributed by atoms with Gasteiger partial charge in [0.15, 0.2) is 0 Å². The van der Waals surface area contributed by atoms with Crippen LogP contribution in [0.5, 0.6) is 23.0 Å². The molecule has 0 radical (unpaired) electrons. The average Bonchev–Trinajstić information content (AvgIpc) is 2.88. The van der Waals surface area contributed by atoms with Crippen molar-refractivity contribution < 1.29 is 9.47 Å². The summed E-state index contributed by atoms with van der Waals surface area (Å²) in [6.45, 7) is 6.79. The Bertz CT molecular complexity index is 1270. The molecule has 0 heterocycles. The van der Waals surface area contributed by atoms with E-state index < -0.39 is 0 Å². The van der Waals surface area contributed by atoms with E-state index in [1.807, 2.05) is 48.5 Å². The number of benzene rings is 4. The summed E-state index contributed by atoms with van der Waals surface area (Å²) in [5, 5.41) is 0. The Balaban J connectivity index is 1.47. The van der Waals surface area contributed by atoms with Crippen LogP contribution in [0.1, 0.15) is 54.9 Å². The molecule has 1 aliphatic carbocycles.